The highest BCUT2D eigenvalue weighted by atomic mass is 127. The van der Waals surface area contributed by atoms with Crippen molar-refractivity contribution in [2.45, 2.75) is 13.5 Å². The highest BCUT2D eigenvalue weighted by Crippen LogP contribution is 2.24. The molecule has 1 heterocycles. The highest BCUT2D eigenvalue weighted by molar-refractivity contribution is 14.1. The third kappa shape index (κ3) is 1.64. The van der Waals surface area contributed by atoms with E-state index in [0.29, 0.717) is 0 Å². The van der Waals surface area contributed by atoms with Gasteiger partial charge in [-0.25, -0.2) is 0 Å². The van der Waals surface area contributed by atoms with Crippen molar-refractivity contribution in [3.63, 3.8) is 0 Å². The van der Waals surface area contributed by atoms with Gasteiger partial charge in [0, 0.05) is 21.9 Å². The van der Waals surface area contributed by atoms with Crippen molar-refractivity contribution in [2.24, 2.45) is 0 Å². The van der Waals surface area contributed by atoms with Gasteiger partial charge in [-0.3, -0.25) is 0 Å². The van der Waals surface area contributed by atoms with Crippen molar-refractivity contribution < 1.29 is 0 Å². The molecule has 1 nitrogen and oxygen atoms in total. The lowest BCUT2D eigenvalue weighted by Crippen LogP contribution is -1.95. The zero-order valence-corrected chi connectivity index (χ0v) is 11.0. The van der Waals surface area contributed by atoms with Crippen LogP contribution in [-0.2, 0) is 6.54 Å². The molecule has 0 spiro atoms. The van der Waals surface area contributed by atoms with Gasteiger partial charge in [0.15, 0.2) is 0 Å². The molecule has 13 heavy (non-hydrogen) atoms. The molecule has 1 aromatic carbocycles. The highest BCUT2D eigenvalue weighted by Gasteiger charge is 2.04. The number of aromatic nitrogens is 1. The summed E-state index contributed by atoms with van der Waals surface area (Å²) in [5.74, 6) is 0. The third-order valence-corrected chi connectivity index (χ3v) is 3.52. The molecule has 2 rings (SSSR count). The predicted octanol–water partition coefficient (Wildman–Crippen LogP) is 4.03. The summed E-state index contributed by atoms with van der Waals surface area (Å²) in [7, 11) is 0. The summed E-state index contributed by atoms with van der Waals surface area (Å²) < 4.78 is 4.75. The second-order valence-electron chi connectivity index (χ2n) is 2.91. The fraction of sp³-hybridized carbons (Fsp3) is 0.200. The molecule has 1 aromatic heterocycles. The number of rotatable bonds is 1. The van der Waals surface area contributed by atoms with Crippen molar-refractivity contribution in [3.8, 4) is 0 Å². The predicted molar refractivity (Wildman–Crippen MR) is 68.0 cm³/mol. The Kier molecular flexibility index (Phi) is 2.65. The van der Waals surface area contributed by atoms with Crippen LogP contribution in [-0.4, -0.2) is 4.57 Å². The van der Waals surface area contributed by atoms with Crippen molar-refractivity contribution in [3.05, 3.63) is 32.4 Å². The molecular formula is C10H9BrIN. The molecule has 0 atom stereocenters. The lowest BCUT2D eigenvalue weighted by atomic mass is 10.2. The Hall–Kier alpha value is -0.0300. The smallest absolute Gasteiger partial charge is 0.0809 e. The summed E-state index contributed by atoms with van der Waals surface area (Å²) in [5.41, 5.74) is 1.31. The lowest BCUT2D eigenvalue weighted by molar-refractivity contribution is 0.778. The summed E-state index contributed by atoms with van der Waals surface area (Å²) in [6.07, 6.45) is 0. The maximum atomic E-state index is 3.49. The van der Waals surface area contributed by atoms with Crippen LogP contribution in [0.2, 0.25) is 0 Å². The van der Waals surface area contributed by atoms with Crippen LogP contribution < -0.4 is 0 Å². The van der Waals surface area contributed by atoms with E-state index in [-0.39, 0.29) is 0 Å². The molecule has 68 valence electrons. The minimum atomic E-state index is 1.03. The van der Waals surface area contributed by atoms with E-state index < -0.39 is 0 Å². The van der Waals surface area contributed by atoms with Crippen LogP contribution in [0.1, 0.15) is 6.92 Å². The number of fused-ring (bicyclic) bond motifs is 1. The van der Waals surface area contributed by atoms with Crippen LogP contribution in [0.4, 0.5) is 0 Å². The third-order valence-electron chi connectivity index (χ3n) is 2.13. The maximum absolute atomic E-state index is 3.49. The molecule has 0 saturated carbocycles. The topological polar surface area (TPSA) is 4.93 Å². The van der Waals surface area contributed by atoms with Crippen molar-refractivity contribution >= 4 is 49.4 Å². The number of aryl methyl sites for hydroxylation is 1. The largest absolute Gasteiger partial charge is 0.336 e. The Morgan fingerprint density at radius 3 is 2.85 bits per heavy atom. The summed E-state index contributed by atoms with van der Waals surface area (Å²) in [6, 6.07) is 8.61. The first-order valence-electron chi connectivity index (χ1n) is 4.16. The van der Waals surface area contributed by atoms with Gasteiger partial charge in [0.25, 0.3) is 0 Å². The zero-order valence-electron chi connectivity index (χ0n) is 7.22. The quantitative estimate of drug-likeness (QED) is 0.685. The Morgan fingerprint density at radius 1 is 1.38 bits per heavy atom. The standard InChI is InChI=1S/C10H9BrIN/c1-2-13-9-6-8(11)4-3-7(9)5-10(13)12/h3-6H,2H2,1H3. The van der Waals surface area contributed by atoms with Crippen LogP contribution in [0.15, 0.2) is 28.7 Å². The Balaban J connectivity index is 2.80. The van der Waals surface area contributed by atoms with Crippen LogP contribution in [0, 0.1) is 3.70 Å². The molecule has 3 heteroatoms. The first-order chi connectivity index (χ1) is 6.22. The Morgan fingerprint density at radius 2 is 2.15 bits per heavy atom. The first-order valence-corrected chi connectivity index (χ1v) is 6.04. The van der Waals surface area contributed by atoms with Crippen molar-refractivity contribution in [1.82, 2.24) is 4.57 Å². The summed E-state index contributed by atoms with van der Waals surface area (Å²) in [5, 5.41) is 1.31. The molecule has 0 N–H and O–H groups in total. The Bertz CT molecular complexity index is 447. The van der Waals surface area contributed by atoms with E-state index in [9.17, 15) is 0 Å². The molecule has 0 radical (unpaired) electrons. The van der Waals surface area contributed by atoms with Crippen LogP contribution >= 0.6 is 38.5 Å². The molecule has 0 fully saturated rings. The van der Waals surface area contributed by atoms with Crippen LogP contribution in [0.3, 0.4) is 0 Å². The van der Waals surface area contributed by atoms with Crippen LogP contribution in [0.5, 0.6) is 0 Å². The lowest BCUT2D eigenvalue weighted by Gasteiger charge is -2.02. The minimum Gasteiger partial charge on any atom is -0.336 e. The fourth-order valence-corrected chi connectivity index (χ4v) is 2.80. The number of nitrogens with zero attached hydrogens (tertiary/aromatic N) is 1. The van der Waals surface area contributed by atoms with Gasteiger partial charge in [-0.2, -0.15) is 0 Å². The SMILES string of the molecule is CCn1c(I)cc2ccc(Br)cc21. The second kappa shape index (κ2) is 3.61. The van der Waals surface area contributed by atoms with Gasteiger partial charge in [0.05, 0.1) is 3.70 Å². The molecule has 2 aromatic rings. The van der Waals surface area contributed by atoms with E-state index in [1.165, 1.54) is 14.6 Å². The summed E-state index contributed by atoms with van der Waals surface area (Å²) in [6.45, 7) is 3.20. The zero-order chi connectivity index (χ0) is 9.42. The number of hydrogen-bond donors (Lipinski definition) is 0. The van der Waals surface area contributed by atoms with Gasteiger partial charge in [0.2, 0.25) is 0 Å². The van der Waals surface area contributed by atoms with Gasteiger partial charge >= 0.3 is 0 Å². The molecule has 0 saturated heterocycles. The Labute approximate surface area is 99.4 Å². The molecule has 0 bridgehead atoms. The number of benzene rings is 1. The number of hydrogen-bond acceptors (Lipinski definition) is 0. The van der Waals surface area contributed by atoms with Gasteiger partial charge in [-0.15, -0.1) is 0 Å². The molecule has 0 aliphatic carbocycles. The van der Waals surface area contributed by atoms with Gasteiger partial charge < -0.3 is 4.57 Å². The van der Waals surface area contributed by atoms with E-state index in [0.717, 1.165) is 11.0 Å². The molecule has 0 amide bonds. The monoisotopic (exact) mass is 349 g/mol. The maximum Gasteiger partial charge on any atom is 0.0809 e. The van der Waals surface area contributed by atoms with Gasteiger partial charge in [-0.1, -0.05) is 22.0 Å². The van der Waals surface area contributed by atoms with E-state index in [1.54, 1.807) is 0 Å². The normalized spacial score (nSPS) is 11.0. The van der Waals surface area contributed by atoms with Gasteiger partial charge in [0.1, 0.15) is 0 Å². The minimum absolute atomic E-state index is 1.03. The van der Waals surface area contributed by atoms with E-state index >= 15 is 0 Å². The summed E-state index contributed by atoms with van der Waals surface area (Å²) >= 11 is 5.86. The molecule has 0 aliphatic rings. The van der Waals surface area contributed by atoms with Crippen molar-refractivity contribution in [1.29, 1.82) is 0 Å². The van der Waals surface area contributed by atoms with Crippen molar-refractivity contribution in [2.75, 3.05) is 0 Å². The average Bonchev–Trinajstić information content (AvgIpc) is 2.40. The molecule has 0 aliphatic heterocycles. The summed E-state index contributed by atoms with van der Waals surface area (Å²) in [4.78, 5) is 0. The van der Waals surface area contributed by atoms with E-state index in [4.69, 9.17) is 0 Å². The van der Waals surface area contributed by atoms with E-state index in [1.807, 2.05) is 0 Å². The van der Waals surface area contributed by atoms with Gasteiger partial charge in [-0.05, 0) is 47.7 Å². The van der Waals surface area contributed by atoms with Crippen LogP contribution in [0.25, 0.3) is 10.9 Å². The number of halogens is 2. The fourth-order valence-electron chi connectivity index (χ4n) is 1.52. The van der Waals surface area contributed by atoms with E-state index in [2.05, 4.69) is 74.3 Å². The first kappa shape index (κ1) is 9.52. The molecule has 0 unspecified atom stereocenters. The molecular weight excluding hydrogens is 341 g/mol. The average molecular weight is 350 g/mol. The second-order valence-corrected chi connectivity index (χ2v) is 4.94.